The molecule has 16 atom stereocenters. The molecule has 262 valence electrons. The summed E-state index contributed by atoms with van der Waals surface area (Å²) in [7, 11) is 0. The normalized spacial score (nSPS) is 53.6. The van der Waals surface area contributed by atoms with Crippen molar-refractivity contribution in [1.29, 1.82) is 0 Å². The first-order valence-corrected chi connectivity index (χ1v) is 16.5. The average Bonchev–Trinajstić information content (AvgIpc) is 3.20. The summed E-state index contributed by atoms with van der Waals surface area (Å²) in [6.45, 7) is 4.72. The number of carbonyl (C=O) groups excluding carboxylic acids is 1. The van der Waals surface area contributed by atoms with Gasteiger partial charge in [0.15, 0.2) is 18.5 Å². The van der Waals surface area contributed by atoms with E-state index < -0.39 is 91.6 Å². The van der Waals surface area contributed by atoms with E-state index in [0.29, 0.717) is 19.3 Å². The summed E-state index contributed by atoms with van der Waals surface area (Å²) in [4.78, 5) is 18.9. The second-order valence-electron chi connectivity index (χ2n) is 15.2. The van der Waals surface area contributed by atoms with Gasteiger partial charge in [0.1, 0.15) is 36.6 Å². The third kappa shape index (κ3) is 5.19. The van der Waals surface area contributed by atoms with E-state index in [9.17, 15) is 45.8 Å². The second kappa shape index (κ2) is 12.3. The Labute approximate surface area is 267 Å². The highest BCUT2D eigenvalue weighted by atomic mass is 17.1. The van der Waals surface area contributed by atoms with Gasteiger partial charge in [-0.1, -0.05) is 19.4 Å². The first-order valence-electron chi connectivity index (χ1n) is 16.5. The lowest BCUT2D eigenvalue weighted by atomic mass is 9.41. The van der Waals surface area contributed by atoms with E-state index in [1.807, 2.05) is 13.8 Å². The number of esters is 1. The molecule has 2 saturated heterocycles. The SMILES string of the molecule is CC1=C[C@@]23CCC4[C@](C)(C(=O)OC5OC(CO)C(O)C(OO)C5OC5OC(CO)C(O)C(O)C5O)CCC[C@@]4(C)[C@@H]2CC[C@]1(O)C3. The van der Waals surface area contributed by atoms with Crippen LogP contribution in [0.25, 0.3) is 0 Å². The van der Waals surface area contributed by atoms with Crippen molar-refractivity contribution >= 4 is 5.97 Å². The Bertz CT molecular complexity index is 1180. The van der Waals surface area contributed by atoms with Crippen LogP contribution in [-0.2, 0) is 28.6 Å². The standard InChI is InChI=1S/C32H50O14/c1-15-11-31-9-5-18-29(2,19(31)6-10-32(15,40)14-31)7-4-8-30(18,3)28(39)45-27-25(24(46-41)21(36)17(13-34)43-27)44-26-23(38)22(37)20(35)16(12-33)42-26/h11,16-27,33-38,40-41H,4-10,12-14H2,1-3H3/t16?,17?,18?,19-,20?,21?,22?,23?,24?,25?,26?,27?,29+,30+,31+,32-/m0/s1. The topological polar surface area (TPSA) is 225 Å². The Balaban J connectivity index is 1.26. The molecule has 0 radical (unpaired) electrons. The van der Waals surface area contributed by atoms with Gasteiger partial charge in [-0.15, -0.1) is 0 Å². The molecule has 1 spiro atoms. The molecule has 8 N–H and O–H groups in total. The number of fused-ring (bicyclic) bond motifs is 3. The Kier molecular flexibility index (Phi) is 9.21. The first-order chi connectivity index (χ1) is 21.7. The summed E-state index contributed by atoms with van der Waals surface area (Å²) in [5.41, 5.74) is -1.01. The predicted octanol–water partition coefficient (Wildman–Crippen LogP) is -0.265. The molecule has 2 heterocycles. The van der Waals surface area contributed by atoms with Crippen LogP contribution < -0.4 is 0 Å². The fourth-order valence-electron chi connectivity index (χ4n) is 10.4. The Morgan fingerprint density at radius 1 is 0.870 bits per heavy atom. The van der Waals surface area contributed by atoms with Crippen molar-refractivity contribution in [2.45, 2.75) is 139 Å². The number of allylic oxidation sites excluding steroid dienone is 1. The molecule has 0 aromatic carbocycles. The summed E-state index contributed by atoms with van der Waals surface area (Å²) in [6, 6.07) is 0. The van der Waals surface area contributed by atoms with Crippen molar-refractivity contribution in [3.63, 3.8) is 0 Å². The molecule has 2 bridgehead atoms. The minimum absolute atomic E-state index is 0.0603. The highest BCUT2D eigenvalue weighted by Crippen LogP contribution is 2.71. The van der Waals surface area contributed by atoms with Gasteiger partial charge in [0.2, 0.25) is 6.29 Å². The lowest BCUT2D eigenvalue weighted by Gasteiger charge is -2.63. The number of rotatable bonds is 7. The molecule has 2 aliphatic heterocycles. The van der Waals surface area contributed by atoms with Gasteiger partial charge in [-0.05, 0) is 87.0 Å². The maximum absolute atomic E-state index is 14.3. The van der Waals surface area contributed by atoms with Crippen molar-refractivity contribution in [2.75, 3.05) is 13.2 Å². The Morgan fingerprint density at radius 3 is 2.20 bits per heavy atom. The van der Waals surface area contributed by atoms with Crippen LogP contribution in [0.3, 0.4) is 0 Å². The summed E-state index contributed by atoms with van der Waals surface area (Å²) in [5, 5.41) is 82.5. The van der Waals surface area contributed by atoms with E-state index in [0.717, 1.165) is 37.7 Å². The van der Waals surface area contributed by atoms with E-state index in [-0.39, 0.29) is 22.7 Å². The number of aliphatic hydroxyl groups is 7. The highest BCUT2D eigenvalue weighted by molar-refractivity contribution is 5.77. The maximum atomic E-state index is 14.3. The van der Waals surface area contributed by atoms with Crippen molar-refractivity contribution in [1.82, 2.24) is 0 Å². The molecule has 14 nitrogen and oxygen atoms in total. The van der Waals surface area contributed by atoms with Crippen LogP contribution in [0.5, 0.6) is 0 Å². The fourth-order valence-corrected chi connectivity index (χ4v) is 10.4. The van der Waals surface area contributed by atoms with Crippen LogP contribution in [0.2, 0.25) is 0 Å². The Hall–Kier alpha value is -1.27. The van der Waals surface area contributed by atoms with E-state index in [1.54, 1.807) is 0 Å². The molecule has 0 aromatic rings. The number of aliphatic hydroxyl groups excluding tert-OH is 6. The summed E-state index contributed by atoms with van der Waals surface area (Å²) < 4.78 is 23.1. The van der Waals surface area contributed by atoms with Gasteiger partial charge in [-0.3, -0.25) is 10.1 Å². The number of ether oxygens (including phenoxy) is 4. The van der Waals surface area contributed by atoms with E-state index in [2.05, 4.69) is 17.9 Å². The summed E-state index contributed by atoms with van der Waals surface area (Å²) in [6.07, 6.45) is -7.93. The fraction of sp³-hybridized carbons (Fsp3) is 0.906. The van der Waals surface area contributed by atoms with Crippen molar-refractivity contribution in [3.8, 4) is 0 Å². The van der Waals surface area contributed by atoms with Crippen LogP contribution in [0, 0.1) is 28.1 Å². The zero-order valence-electron chi connectivity index (χ0n) is 26.6. The highest BCUT2D eigenvalue weighted by Gasteiger charge is 2.67. The number of carbonyl (C=O) groups is 1. The maximum Gasteiger partial charge on any atom is 0.314 e. The zero-order valence-corrected chi connectivity index (χ0v) is 26.6. The van der Waals surface area contributed by atoms with E-state index in [1.165, 1.54) is 0 Å². The van der Waals surface area contributed by atoms with Crippen LogP contribution in [0.1, 0.15) is 72.1 Å². The van der Waals surface area contributed by atoms with Gasteiger partial charge >= 0.3 is 5.97 Å². The van der Waals surface area contributed by atoms with Crippen LogP contribution in [0.15, 0.2) is 11.6 Å². The van der Waals surface area contributed by atoms with Gasteiger partial charge in [0, 0.05) is 0 Å². The quantitative estimate of drug-likeness (QED) is 0.0764. The van der Waals surface area contributed by atoms with Crippen LogP contribution in [0.4, 0.5) is 0 Å². The third-order valence-corrected chi connectivity index (χ3v) is 12.8. The molecule has 11 unspecified atom stereocenters. The van der Waals surface area contributed by atoms with Crippen molar-refractivity contribution in [2.24, 2.45) is 28.1 Å². The molecule has 5 fully saturated rings. The lowest BCUT2D eigenvalue weighted by molar-refractivity contribution is -0.405. The molecule has 6 rings (SSSR count). The predicted molar refractivity (Wildman–Crippen MR) is 155 cm³/mol. The van der Waals surface area contributed by atoms with Crippen LogP contribution >= 0.6 is 0 Å². The molecular formula is C32H50O14. The van der Waals surface area contributed by atoms with Gasteiger partial charge in [-0.2, -0.15) is 0 Å². The largest absolute Gasteiger partial charge is 0.432 e. The second-order valence-corrected chi connectivity index (χ2v) is 15.2. The molecule has 46 heavy (non-hydrogen) atoms. The molecule has 0 amide bonds. The summed E-state index contributed by atoms with van der Waals surface area (Å²) in [5.74, 6) is -0.380. The van der Waals surface area contributed by atoms with Crippen LogP contribution in [-0.4, -0.2) is 127 Å². The van der Waals surface area contributed by atoms with Crippen molar-refractivity contribution in [3.05, 3.63) is 11.6 Å². The summed E-state index contributed by atoms with van der Waals surface area (Å²) >= 11 is 0. The van der Waals surface area contributed by atoms with Gasteiger partial charge in [0.05, 0.1) is 24.2 Å². The smallest absolute Gasteiger partial charge is 0.314 e. The van der Waals surface area contributed by atoms with Gasteiger partial charge in [0.25, 0.3) is 0 Å². The third-order valence-electron chi connectivity index (χ3n) is 12.8. The first kappa shape index (κ1) is 34.6. The minimum atomic E-state index is -1.84. The lowest BCUT2D eigenvalue weighted by Crippen LogP contribution is -2.65. The molecular weight excluding hydrogens is 608 g/mol. The average molecular weight is 659 g/mol. The molecule has 3 saturated carbocycles. The minimum Gasteiger partial charge on any atom is -0.432 e. The van der Waals surface area contributed by atoms with Crippen molar-refractivity contribution < 1.29 is 69.6 Å². The van der Waals surface area contributed by atoms with E-state index in [4.69, 9.17) is 18.9 Å². The van der Waals surface area contributed by atoms with E-state index >= 15 is 0 Å². The molecule has 0 aromatic heterocycles. The van der Waals surface area contributed by atoms with Gasteiger partial charge < -0.3 is 54.7 Å². The number of hydrogen-bond donors (Lipinski definition) is 8. The Morgan fingerprint density at radius 2 is 1.52 bits per heavy atom. The molecule has 6 aliphatic rings. The zero-order chi connectivity index (χ0) is 33.4. The molecule has 4 aliphatic carbocycles. The number of hydrogen-bond acceptors (Lipinski definition) is 14. The molecule has 14 heteroatoms. The monoisotopic (exact) mass is 658 g/mol. The van der Waals surface area contributed by atoms with Gasteiger partial charge in [-0.25, -0.2) is 4.89 Å².